The molecule has 0 bridgehead atoms. The average Bonchev–Trinajstić information content (AvgIpc) is 2.91. The molecule has 1 amide bonds. The fourth-order valence-electron chi connectivity index (χ4n) is 3.07. The lowest BCUT2D eigenvalue weighted by atomic mass is 9.87. The van der Waals surface area contributed by atoms with E-state index in [1.54, 1.807) is 20.7 Å². The third-order valence-corrected chi connectivity index (χ3v) is 7.42. The lowest BCUT2D eigenvalue weighted by molar-refractivity contribution is -0.119. The Labute approximate surface area is 148 Å². The van der Waals surface area contributed by atoms with Crippen LogP contribution >= 0.6 is 32.9 Å². The van der Waals surface area contributed by atoms with Crippen molar-refractivity contribution >= 4 is 44.5 Å². The number of fused-ring (bicyclic) bond motifs is 3. The molecule has 0 N–H and O–H groups in total. The van der Waals surface area contributed by atoms with Gasteiger partial charge >= 0.3 is 0 Å². The average molecular weight is 366 g/mol. The SMILES string of the molecule is CCOc1ccc2c(c1)-c1c(ssc1=S)C(C)(C)N2C(=O)CC. The number of hydrogen-bond acceptors (Lipinski definition) is 5. The molecule has 0 fully saturated rings. The van der Waals surface area contributed by atoms with Gasteiger partial charge in [0.2, 0.25) is 5.91 Å². The normalized spacial score (nSPS) is 15.0. The van der Waals surface area contributed by atoms with Crippen LogP contribution in [0.5, 0.6) is 5.75 Å². The predicted molar refractivity (Wildman–Crippen MR) is 100 cm³/mol. The molecule has 0 radical (unpaired) electrons. The molecule has 0 aliphatic carbocycles. The number of nitrogens with zero attached hydrogens (tertiary/aromatic N) is 1. The van der Waals surface area contributed by atoms with Crippen LogP contribution in [0.4, 0.5) is 5.69 Å². The molecule has 1 aliphatic rings. The van der Waals surface area contributed by atoms with E-state index in [0.29, 0.717) is 13.0 Å². The van der Waals surface area contributed by atoms with Gasteiger partial charge in [0.05, 0.1) is 22.7 Å². The Balaban J connectivity index is 2.31. The number of rotatable bonds is 3. The smallest absolute Gasteiger partial charge is 0.227 e. The summed E-state index contributed by atoms with van der Waals surface area (Å²) in [6.07, 6.45) is 0.473. The zero-order valence-electron chi connectivity index (χ0n) is 13.6. The molecule has 1 aliphatic heterocycles. The Bertz CT molecular complexity index is 819. The molecular weight excluding hydrogens is 346 g/mol. The van der Waals surface area contributed by atoms with Crippen LogP contribution in [0.3, 0.4) is 0 Å². The zero-order chi connectivity index (χ0) is 16.8. The van der Waals surface area contributed by atoms with E-state index in [1.165, 1.54) is 0 Å². The van der Waals surface area contributed by atoms with Crippen LogP contribution in [0.1, 0.15) is 39.0 Å². The van der Waals surface area contributed by atoms with E-state index in [2.05, 4.69) is 13.8 Å². The summed E-state index contributed by atoms with van der Waals surface area (Å²) in [5, 5.41) is 0. The van der Waals surface area contributed by atoms with E-state index in [0.717, 1.165) is 31.3 Å². The first kappa shape index (κ1) is 16.6. The second-order valence-electron chi connectivity index (χ2n) is 5.91. The zero-order valence-corrected chi connectivity index (χ0v) is 16.1. The van der Waals surface area contributed by atoms with Gasteiger partial charge in [0.15, 0.2) is 0 Å². The first-order chi connectivity index (χ1) is 10.9. The Hall–Kier alpha value is -1.24. The van der Waals surface area contributed by atoms with Gasteiger partial charge in [0.1, 0.15) is 9.57 Å². The number of carbonyl (C=O) groups excluding carboxylic acids is 1. The maximum absolute atomic E-state index is 12.6. The van der Waals surface area contributed by atoms with Crippen LogP contribution in [0, 0.1) is 3.82 Å². The van der Waals surface area contributed by atoms with Crippen molar-refractivity contribution in [3.63, 3.8) is 0 Å². The largest absolute Gasteiger partial charge is 0.494 e. The number of benzene rings is 1. The number of ether oxygens (including phenoxy) is 1. The van der Waals surface area contributed by atoms with Gasteiger partial charge in [0, 0.05) is 17.5 Å². The minimum Gasteiger partial charge on any atom is -0.494 e. The van der Waals surface area contributed by atoms with Crippen molar-refractivity contribution in [1.82, 2.24) is 0 Å². The summed E-state index contributed by atoms with van der Waals surface area (Å²) < 4.78 is 6.53. The minimum atomic E-state index is -0.388. The number of anilines is 1. The summed E-state index contributed by atoms with van der Waals surface area (Å²) in [5.74, 6) is 0.932. The molecule has 2 aromatic rings. The molecule has 2 heterocycles. The third kappa shape index (κ3) is 2.53. The number of hydrogen-bond donors (Lipinski definition) is 0. The van der Waals surface area contributed by atoms with Crippen LogP contribution in [0.15, 0.2) is 18.2 Å². The van der Waals surface area contributed by atoms with Gasteiger partial charge in [0.25, 0.3) is 0 Å². The van der Waals surface area contributed by atoms with Crippen molar-refractivity contribution in [3.05, 3.63) is 26.9 Å². The highest BCUT2D eigenvalue weighted by Gasteiger charge is 2.42. The molecule has 1 aromatic heterocycles. The summed E-state index contributed by atoms with van der Waals surface area (Å²) in [4.78, 5) is 15.7. The minimum absolute atomic E-state index is 0.121. The monoisotopic (exact) mass is 365 g/mol. The van der Waals surface area contributed by atoms with Crippen molar-refractivity contribution < 1.29 is 9.53 Å². The first-order valence-corrected chi connectivity index (χ1v) is 10.2. The van der Waals surface area contributed by atoms with E-state index in [4.69, 9.17) is 17.0 Å². The molecule has 23 heavy (non-hydrogen) atoms. The first-order valence-electron chi connectivity index (χ1n) is 7.65. The van der Waals surface area contributed by atoms with E-state index in [1.807, 2.05) is 36.9 Å². The molecule has 1 aromatic carbocycles. The highest BCUT2D eigenvalue weighted by molar-refractivity contribution is 7.80. The summed E-state index contributed by atoms with van der Waals surface area (Å²) in [5.41, 5.74) is 2.64. The summed E-state index contributed by atoms with van der Waals surface area (Å²) in [6, 6.07) is 5.92. The van der Waals surface area contributed by atoms with Crippen LogP contribution in [-0.4, -0.2) is 12.5 Å². The summed E-state index contributed by atoms with van der Waals surface area (Å²) >= 11 is 5.58. The maximum atomic E-state index is 12.6. The lowest BCUT2D eigenvalue weighted by Crippen LogP contribution is -2.47. The van der Waals surface area contributed by atoms with Gasteiger partial charge in [-0.2, -0.15) is 0 Å². The topological polar surface area (TPSA) is 29.5 Å². The fraction of sp³-hybridized carbons (Fsp3) is 0.412. The molecule has 0 saturated heterocycles. The van der Waals surface area contributed by atoms with Crippen molar-refractivity contribution in [3.8, 4) is 16.9 Å². The van der Waals surface area contributed by atoms with Gasteiger partial charge in [-0.3, -0.25) is 4.79 Å². The van der Waals surface area contributed by atoms with Crippen LogP contribution in [-0.2, 0) is 10.3 Å². The molecule has 0 spiro atoms. The van der Waals surface area contributed by atoms with E-state index in [9.17, 15) is 4.79 Å². The van der Waals surface area contributed by atoms with Gasteiger partial charge in [-0.25, -0.2) is 0 Å². The lowest BCUT2D eigenvalue weighted by Gasteiger charge is -2.43. The van der Waals surface area contributed by atoms with Crippen LogP contribution in [0.2, 0.25) is 0 Å². The third-order valence-electron chi connectivity index (χ3n) is 4.09. The summed E-state index contributed by atoms with van der Waals surface area (Å²) in [7, 11) is 3.28. The molecular formula is C17H19NO2S3. The molecule has 6 heteroatoms. The summed E-state index contributed by atoms with van der Waals surface area (Å²) in [6.45, 7) is 8.67. The Morgan fingerprint density at radius 1 is 1.30 bits per heavy atom. The van der Waals surface area contributed by atoms with Gasteiger partial charge in [-0.1, -0.05) is 39.8 Å². The van der Waals surface area contributed by atoms with E-state index in [-0.39, 0.29) is 11.4 Å². The van der Waals surface area contributed by atoms with Crippen LogP contribution in [0.25, 0.3) is 11.1 Å². The predicted octanol–water partition coefficient (Wildman–Crippen LogP) is 5.60. The quantitative estimate of drug-likeness (QED) is 0.524. The molecule has 0 saturated carbocycles. The van der Waals surface area contributed by atoms with E-state index < -0.39 is 0 Å². The van der Waals surface area contributed by atoms with Crippen molar-refractivity contribution in [1.29, 1.82) is 0 Å². The van der Waals surface area contributed by atoms with Gasteiger partial charge in [-0.05, 0) is 39.0 Å². The number of amides is 1. The van der Waals surface area contributed by atoms with Crippen LogP contribution < -0.4 is 9.64 Å². The molecule has 122 valence electrons. The standard InChI is InChI=1S/C17H19NO2S3/c1-5-13(19)18-12-8-7-10(20-6-2)9-11(12)14-15(17(18,3)4)22-23-16(14)21/h7-9H,5-6H2,1-4H3. The molecule has 3 rings (SSSR count). The Kier molecular flexibility index (Phi) is 4.33. The van der Waals surface area contributed by atoms with Crippen molar-refractivity contribution in [2.24, 2.45) is 0 Å². The fourth-order valence-corrected chi connectivity index (χ4v) is 6.35. The van der Waals surface area contributed by atoms with Gasteiger partial charge < -0.3 is 9.64 Å². The second kappa shape index (κ2) is 6.00. The highest BCUT2D eigenvalue weighted by Crippen LogP contribution is 2.52. The Morgan fingerprint density at radius 2 is 2.04 bits per heavy atom. The number of carbonyl (C=O) groups is 1. The molecule has 0 unspecified atom stereocenters. The second-order valence-corrected chi connectivity index (χ2v) is 8.73. The molecule has 0 atom stereocenters. The Morgan fingerprint density at radius 3 is 2.70 bits per heavy atom. The van der Waals surface area contributed by atoms with Gasteiger partial charge in [-0.15, -0.1) is 0 Å². The van der Waals surface area contributed by atoms with E-state index >= 15 is 0 Å². The van der Waals surface area contributed by atoms with Crippen molar-refractivity contribution in [2.45, 2.75) is 39.7 Å². The van der Waals surface area contributed by atoms with Crippen molar-refractivity contribution in [2.75, 3.05) is 11.5 Å². The molecule has 3 nitrogen and oxygen atoms in total. The maximum Gasteiger partial charge on any atom is 0.227 e. The highest BCUT2D eigenvalue weighted by atomic mass is 32.9.